The fraction of sp³-hybridized carbons (Fsp3) is 0.263. The molecule has 0 bridgehead atoms. The maximum Gasteiger partial charge on any atom is 0.340 e. The second-order valence-corrected chi connectivity index (χ2v) is 7.86. The van der Waals surface area contributed by atoms with Crippen LogP contribution in [0.25, 0.3) is 0 Å². The minimum absolute atomic E-state index is 0.0725. The van der Waals surface area contributed by atoms with Gasteiger partial charge in [0.2, 0.25) is 15.9 Å². The van der Waals surface area contributed by atoms with Crippen LogP contribution in [0.3, 0.4) is 0 Å². The van der Waals surface area contributed by atoms with E-state index in [-0.39, 0.29) is 30.1 Å². The van der Waals surface area contributed by atoms with Crippen molar-refractivity contribution in [3.8, 4) is 0 Å². The predicted molar refractivity (Wildman–Crippen MR) is 104 cm³/mol. The highest BCUT2D eigenvalue weighted by Crippen LogP contribution is 2.24. The fourth-order valence-electron chi connectivity index (χ4n) is 2.57. The van der Waals surface area contributed by atoms with Crippen LogP contribution in [-0.2, 0) is 19.6 Å². The summed E-state index contributed by atoms with van der Waals surface area (Å²) in [5, 5.41) is 2.76. The van der Waals surface area contributed by atoms with Gasteiger partial charge in [-0.2, -0.15) is 0 Å². The topological polar surface area (TPSA) is 92.8 Å². The van der Waals surface area contributed by atoms with Gasteiger partial charge in [0.15, 0.2) is 0 Å². The monoisotopic (exact) mass is 390 g/mol. The SMILES string of the molecule is COC(=O)c1ccccc1N(CCC(=O)Nc1ccccc1C)S(C)(=O)=O. The number of esters is 1. The lowest BCUT2D eigenvalue weighted by atomic mass is 10.1. The minimum atomic E-state index is -3.71. The van der Waals surface area contributed by atoms with Gasteiger partial charge in [-0.1, -0.05) is 30.3 Å². The molecular formula is C19H22N2O5S. The number of benzene rings is 2. The fourth-order valence-corrected chi connectivity index (χ4v) is 3.51. The van der Waals surface area contributed by atoms with Crippen molar-refractivity contribution in [1.29, 1.82) is 0 Å². The highest BCUT2D eigenvalue weighted by Gasteiger charge is 2.24. The zero-order valence-electron chi connectivity index (χ0n) is 15.4. The Morgan fingerprint density at radius 2 is 1.70 bits per heavy atom. The molecule has 0 heterocycles. The molecule has 0 spiro atoms. The number of hydrogen-bond donors (Lipinski definition) is 1. The molecular weight excluding hydrogens is 368 g/mol. The highest BCUT2D eigenvalue weighted by atomic mass is 32.2. The second-order valence-electron chi connectivity index (χ2n) is 5.96. The number of nitrogens with zero attached hydrogens (tertiary/aromatic N) is 1. The molecule has 2 rings (SSSR count). The third-order valence-corrected chi connectivity index (χ3v) is 5.12. The molecule has 0 radical (unpaired) electrons. The summed E-state index contributed by atoms with van der Waals surface area (Å²) in [4.78, 5) is 24.2. The van der Waals surface area contributed by atoms with Crippen LogP contribution in [0, 0.1) is 6.92 Å². The number of sulfonamides is 1. The number of amides is 1. The van der Waals surface area contributed by atoms with Crippen LogP contribution in [-0.4, -0.2) is 40.2 Å². The van der Waals surface area contributed by atoms with E-state index in [4.69, 9.17) is 4.74 Å². The van der Waals surface area contributed by atoms with Crippen LogP contribution in [0.5, 0.6) is 0 Å². The van der Waals surface area contributed by atoms with E-state index in [1.807, 2.05) is 19.1 Å². The summed E-state index contributed by atoms with van der Waals surface area (Å²) in [6.45, 7) is 1.76. The Hall–Kier alpha value is -2.87. The van der Waals surface area contributed by atoms with Gasteiger partial charge in [0.25, 0.3) is 0 Å². The van der Waals surface area contributed by atoms with Crippen molar-refractivity contribution in [2.75, 3.05) is 29.5 Å². The molecule has 0 unspecified atom stereocenters. The zero-order valence-corrected chi connectivity index (χ0v) is 16.2. The Bertz CT molecular complexity index is 941. The van der Waals surface area contributed by atoms with Gasteiger partial charge in [0, 0.05) is 18.7 Å². The number of aryl methyl sites for hydroxylation is 1. The lowest BCUT2D eigenvalue weighted by Crippen LogP contribution is -2.34. The van der Waals surface area contributed by atoms with Crippen molar-refractivity contribution < 1.29 is 22.7 Å². The van der Waals surface area contributed by atoms with E-state index in [0.717, 1.165) is 16.1 Å². The Labute approximate surface area is 159 Å². The summed E-state index contributed by atoms with van der Waals surface area (Å²) in [7, 11) is -2.49. The average molecular weight is 390 g/mol. The normalized spacial score (nSPS) is 10.9. The lowest BCUT2D eigenvalue weighted by Gasteiger charge is -2.24. The van der Waals surface area contributed by atoms with E-state index in [2.05, 4.69) is 5.32 Å². The summed E-state index contributed by atoms with van der Waals surface area (Å²) >= 11 is 0. The zero-order chi connectivity index (χ0) is 20.0. The van der Waals surface area contributed by atoms with Gasteiger partial charge in [-0.25, -0.2) is 13.2 Å². The Morgan fingerprint density at radius 3 is 2.33 bits per heavy atom. The van der Waals surface area contributed by atoms with Crippen molar-refractivity contribution in [3.63, 3.8) is 0 Å². The van der Waals surface area contributed by atoms with Gasteiger partial charge < -0.3 is 10.1 Å². The molecule has 0 fully saturated rings. The quantitative estimate of drug-likeness (QED) is 0.734. The van der Waals surface area contributed by atoms with E-state index in [1.54, 1.807) is 24.3 Å². The van der Waals surface area contributed by atoms with Crippen LogP contribution in [0.4, 0.5) is 11.4 Å². The van der Waals surface area contributed by atoms with Gasteiger partial charge >= 0.3 is 5.97 Å². The summed E-state index contributed by atoms with van der Waals surface area (Å²) in [6, 6.07) is 13.5. The lowest BCUT2D eigenvalue weighted by molar-refractivity contribution is -0.116. The van der Waals surface area contributed by atoms with E-state index >= 15 is 0 Å². The first-order valence-corrected chi connectivity index (χ1v) is 10.1. The number of carbonyl (C=O) groups excluding carboxylic acids is 2. The van der Waals surface area contributed by atoms with Gasteiger partial charge in [-0.15, -0.1) is 0 Å². The Kier molecular flexibility index (Phi) is 6.57. The molecule has 8 heteroatoms. The smallest absolute Gasteiger partial charge is 0.340 e. The maximum atomic E-state index is 12.3. The molecule has 2 aromatic rings. The molecule has 1 N–H and O–H groups in total. The van der Waals surface area contributed by atoms with Crippen LogP contribution in [0.2, 0.25) is 0 Å². The molecule has 0 aromatic heterocycles. The molecule has 0 aliphatic heterocycles. The number of carbonyl (C=O) groups is 2. The maximum absolute atomic E-state index is 12.3. The minimum Gasteiger partial charge on any atom is -0.465 e. The number of nitrogens with one attached hydrogen (secondary N) is 1. The number of ether oxygens (including phenoxy) is 1. The molecule has 0 saturated carbocycles. The second kappa shape index (κ2) is 8.68. The molecule has 144 valence electrons. The van der Waals surface area contributed by atoms with Gasteiger partial charge in [-0.3, -0.25) is 9.10 Å². The van der Waals surface area contributed by atoms with Crippen LogP contribution in [0.1, 0.15) is 22.3 Å². The number of para-hydroxylation sites is 2. The molecule has 2 aromatic carbocycles. The Balaban J connectivity index is 2.21. The molecule has 1 amide bonds. The first-order valence-electron chi connectivity index (χ1n) is 8.24. The van der Waals surface area contributed by atoms with E-state index in [0.29, 0.717) is 5.69 Å². The van der Waals surface area contributed by atoms with E-state index in [1.165, 1.54) is 19.2 Å². The first-order chi connectivity index (χ1) is 12.7. The average Bonchev–Trinajstić information content (AvgIpc) is 2.62. The van der Waals surface area contributed by atoms with Crippen molar-refractivity contribution in [2.24, 2.45) is 0 Å². The van der Waals surface area contributed by atoms with Gasteiger partial charge in [0.1, 0.15) is 0 Å². The summed E-state index contributed by atoms with van der Waals surface area (Å²) in [6.07, 6.45) is 0.956. The standard InChI is InChI=1S/C19H22N2O5S/c1-14-8-4-6-10-16(14)20-18(22)12-13-21(27(3,24)25)17-11-7-5-9-15(17)19(23)26-2/h4-11H,12-13H2,1-3H3,(H,20,22). The first kappa shape index (κ1) is 20.4. The van der Waals surface area contributed by atoms with Crippen LogP contribution < -0.4 is 9.62 Å². The molecule has 27 heavy (non-hydrogen) atoms. The molecule has 0 atom stereocenters. The number of anilines is 2. The third kappa shape index (κ3) is 5.30. The summed E-state index contributed by atoms with van der Waals surface area (Å²) in [5.41, 5.74) is 1.87. The molecule has 0 aliphatic carbocycles. The van der Waals surface area contributed by atoms with Crippen LogP contribution in [0.15, 0.2) is 48.5 Å². The molecule has 0 saturated heterocycles. The highest BCUT2D eigenvalue weighted by molar-refractivity contribution is 7.92. The number of rotatable bonds is 7. The predicted octanol–water partition coefficient (Wildman–Crippen LogP) is 2.58. The summed E-state index contributed by atoms with van der Waals surface area (Å²) in [5.74, 6) is -0.975. The van der Waals surface area contributed by atoms with Crippen molar-refractivity contribution in [1.82, 2.24) is 0 Å². The molecule has 7 nitrogen and oxygen atoms in total. The van der Waals surface area contributed by atoms with Crippen molar-refractivity contribution >= 4 is 33.3 Å². The third-order valence-electron chi connectivity index (χ3n) is 3.94. The van der Waals surface area contributed by atoms with Crippen molar-refractivity contribution in [3.05, 3.63) is 59.7 Å². The van der Waals surface area contributed by atoms with Crippen molar-refractivity contribution in [2.45, 2.75) is 13.3 Å². The van der Waals surface area contributed by atoms with Gasteiger partial charge in [0.05, 0.1) is 24.6 Å². The van der Waals surface area contributed by atoms with Crippen LogP contribution >= 0.6 is 0 Å². The number of methoxy groups -OCH3 is 1. The molecule has 0 aliphatic rings. The largest absolute Gasteiger partial charge is 0.465 e. The Morgan fingerprint density at radius 1 is 1.07 bits per heavy atom. The number of hydrogen-bond acceptors (Lipinski definition) is 5. The van der Waals surface area contributed by atoms with E-state index < -0.39 is 16.0 Å². The summed E-state index contributed by atoms with van der Waals surface area (Å²) < 4.78 is 30.3. The van der Waals surface area contributed by atoms with Gasteiger partial charge in [-0.05, 0) is 30.7 Å². The van der Waals surface area contributed by atoms with E-state index in [9.17, 15) is 18.0 Å².